The van der Waals surface area contributed by atoms with E-state index in [1.807, 2.05) is 0 Å². The van der Waals surface area contributed by atoms with Crippen LogP contribution in [-0.2, 0) is 57.6 Å². The molecule has 0 atom stereocenters. The Hall–Kier alpha value is 1.35. The fourth-order valence-corrected chi connectivity index (χ4v) is 0. The van der Waals surface area contributed by atoms with Crippen molar-refractivity contribution in [3.05, 3.63) is 0 Å². The van der Waals surface area contributed by atoms with E-state index in [2.05, 4.69) is 0 Å². The summed E-state index contributed by atoms with van der Waals surface area (Å²) in [4.78, 5) is 42.7. The maximum absolute atomic E-state index is 8.55. The second-order valence-electron chi connectivity index (χ2n) is 0.697. The van der Waals surface area contributed by atoms with Gasteiger partial charge in [0.05, 0.1) is 0 Å². The average Bonchev–Trinajstić information content (AvgIpc) is 1.19. The summed E-state index contributed by atoms with van der Waals surface area (Å²) >= 11 is 0. The first-order chi connectivity index (χ1) is 3.73. The zero-order chi connectivity index (χ0) is 8.08. The summed E-state index contributed by atoms with van der Waals surface area (Å²) in [7, 11) is -9.02. The zero-order valence-corrected chi connectivity index (χ0v) is 10.4. The first-order valence-electron chi connectivity index (χ1n) is 1.34. The molecule has 7 nitrogen and oxygen atoms in total. The Morgan fingerprint density at radius 1 is 1.09 bits per heavy atom. The number of rotatable bonds is 0. The summed E-state index contributed by atoms with van der Waals surface area (Å²) < 4.78 is 17.1. The second-order valence-corrected chi connectivity index (χ2v) is 2.09. The number of phosphoric acid groups is 1. The van der Waals surface area contributed by atoms with E-state index in [9.17, 15) is 0 Å². The molecule has 0 unspecified atom stereocenters. The van der Waals surface area contributed by atoms with Crippen molar-refractivity contribution in [3.8, 4) is 0 Å². The van der Waals surface area contributed by atoms with Crippen LogP contribution in [0.3, 0.4) is 0 Å². The fourth-order valence-electron chi connectivity index (χ4n) is 0. The van der Waals surface area contributed by atoms with Crippen LogP contribution in [0.5, 0.6) is 0 Å². The molecule has 0 saturated heterocycles. The summed E-state index contributed by atoms with van der Waals surface area (Å²) in [5, 5.41) is 0. The summed E-state index contributed by atoms with van der Waals surface area (Å²) in [6.45, 7) is 0. The SMILES string of the molecule is O=P([O-])([O-])[O-].O=[Si]([O-])[O-].[Ag+].[Zr+4]. The van der Waals surface area contributed by atoms with Crippen molar-refractivity contribution in [2.45, 2.75) is 0 Å². The van der Waals surface area contributed by atoms with Crippen LogP contribution < -0.4 is 24.3 Å². The summed E-state index contributed by atoms with van der Waals surface area (Å²) in [5.74, 6) is 0. The molecule has 0 aromatic rings. The minimum Gasteiger partial charge on any atom is -0.822 e. The van der Waals surface area contributed by atoms with Crippen LogP contribution in [0.25, 0.3) is 0 Å². The zero-order valence-electron chi connectivity index (χ0n) is 4.61. The molecule has 0 rings (SSSR count). The Labute approximate surface area is 98.2 Å². The first-order valence-corrected chi connectivity index (χ1v) is 4.03. The molecule has 0 heterocycles. The molecule has 0 radical (unpaired) electrons. The molecule has 0 amide bonds. The Kier molecular flexibility index (Phi) is 23.5. The van der Waals surface area contributed by atoms with Crippen molar-refractivity contribution in [1.82, 2.24) is 0 Å². The topological polar surface area (TPSA) is 149 Å². The van der Waals surface area contributed by atoms with Gasteiger partial charge < -0.3 is 33.3 Å². The quantitative estimate of drug-likeness (QED) is 0.305. The van der Waals surface area contributed by atoms with Crippen molar-refractivity contribution in [2.75, 3.05) is 0 Å². The normalized spacial score (nSPS) is 7.55. The van der Waals surface area contributed by atoms with Gasteiger partial charge >= 0.3 is 48.6 Å². The van der Waals surface area contributed by atoms with Gasteiger partial charge in [0, 0.05) is 9.17 Å². The molecule has 11 heteroatoms. The van der Waals surface area contributed by atoms with Gasteiger partial charge in [0.15, 0.2) is 0 Å². The molecule has 0 N–H and O–H groups in total. The van der Waals surface area contributed by atoms with E-state index in [1.165, 1.54) is 0 Å². The molecular formula is AgO7PSiZr. The van der Waals surface area contributed by atoms with Gasteiger partial charge in [0.2, 0.25) is 0 Å². The fraction of sp³-hybridized carbons (Fsp3) is 0. The van der Waals surface area contributed by atoms with Crippen molar-refractivity contribution in [2.24, 2.45) is 0 Å². The predicted molar refractivity (Wildman–Crippen MR) is 14.0 cm³/mol. The maximum atomic E-state index is 8.55. The maximum Gasteiger partial charge on any atom is 4.00 e. The van der Waals surface area contributed by atoms with Gasteiger partial charge in [-0.05, 0) is 0 Å². The average molecular weight is 370 g/mol. The molecule has 0 fully saturated rings. The summed E-state index contributed by atoms with van der Waals surface area (Å²) in [6.07, 6.45) is 0. The van der Waals surface area contributed by atoms with Crippen LogP contribution in [0.2, 0.25) is 0 Å². The van der Waals surface area contributed by atoms with E-state index in [4.69, 9.17) is 33.3 Å². The molecule has 0 spiro atoms. The van der Waals surface area contributed by atoms with Crippen molar-refractivity contribution >= 4 is 17.0 Å². The standard InChI is InChI=1S/Ag.H3O4P.O3Si.Zr/c;1-5(2,3)4;1-4(2)3;/h;(H3,1,2,3,4);;/q+1;;-2;+4/p-3. The van der Waals surface area contributed by atoms with Gasteiger partial charge in [0.1, 0.15) is 0 Å². The van der Waals surface area contributed by atoms with Gasteiger partial charge in [0.25, 0.3) is 0 Å². The van der Waals surface area contributed by atoms with Crippen LogP contribution >= 0.6 is 7.82 Å². The van der Waals surface area contributed by atoms with Crippen molar-refractivity contribution < 1.29 is 81.9 Å². The third-order valence-corrected chi connectivity index (χ3v) is 0. The second kappa shape index (κ2) is 11.4. The third kappa shape index (κ3) is 544. The molecule has 0 aliphatic heterocycles. The van der Waals surface area contributed by atoms with E-state index in [0.29, 0.717) is 0 Å². The molecule has 0 aliphatic carbocycles. The Morgan fingerprint density at radius 2 is 1.09 bits per heavy atom. The van der Waals surface area contributed by atoms with Crippen molar-refractivity contribution in [1.29, 1.82) is 0 Å². The van der Waals surface area contributed by atoms with Gasteiger partial charge in [-0.3, -0.25) is 0 Å². The molecule has 0 saturated carbocycles. The minimum atomic E-state index is -5.39. The molecule has 0 bridgehead atoms. The van der Waals surface area contributed by atoms with E-state index in [0.717, 1.165) is 0 Å². The van der Waals surface area contributed by atoms with E-state index < -0.39 is 17.0 Å². The van der Waals surface area contributed by atoms with Crippen LogP contribution in [0.1, 0.15) is 0 Å². The van der Waals surface area contributed by atoms with Gasteiger partial charge in [-0.25, -0.2) is 0 Å². The molecule has 0 aliphatic rings. The molecule has 11 heavy (non-hydrogen) atoms. The van der Waals surface area contributed by atoms with Gasteiger partial charge in [-0.15, -0.1) is 0 Å². The Bertz CT molecular complexity index is 118. The molecule has 66 valence electrons. The van der Waals surface area contributed by atoms with E-state index >= 15 is 0 Å². The van der Waals surface area contributed by atoms with Crippen LogP contribution in [0.4, 0.5) is 0 Å². The van der Waals surface area contributed by atoms with Crippen LogP contribution in [0.15, 0.2) is 0 Å². The number of hydrogen-bond acceptors (Lipinski definition) is 7. The molecular weight excluding hydrogens is 370 g/mol. The van der Waals surface area contributed by atoms with Crippen molar-refractivity contribution in [3.63, 3.8) is 0 Å². The third-order valence-electron chi connectivity index (χ3n) is 0. The largest absolute Gasteiger partial charge is 4.00 e. The van der Waals surface area contributed by atoms with E-state index in [-0.39, 0.29) is 48.6 Å². The van der Waals surface area contributed by atoms with Crippen LogP contribution in [0, 0.1) is 0 Å². The number of hydrogen-bond donors (Lipinski definition) is 0. The first kappa shape index (κ1) is 22.8. The van der Waals surface area contributed by atoms with Gasteiger partial charge in [-0.2, -0.15) is 7.82 Å². The Balaban J connectivity index is -0.0000000383. The monoisotopic (exact) mass is 368 g/mol. The van der Waals surface area contributed by atoms with Crippen LogP contribution in [-0.4, -0.2) is 9.17 Å². The Morgan fingerprint density at radius 3 is 1.09 bits per heavy atom. The van der Waals surface area contributed by atoms with E-state index in [1.54, 1.807) is 0 Å². The summed E-state index contributed by atoms with van der Waals surface area (Å²) in [6, 6.07) is 0. The molecule has 0 aromatic carbocycles. The molecule has 0 aromatic heterocycles. The predicted octanol–water partition coefficient (Wildman–Crippen LogP) is -5.71. The minimum absolute atomic E-state index is 0. The summed E-state index contributed by atoms with van der Waals surface area (Å²) in [5.41, 5.74) is 0. The van der Waals surface area contributed by atoms with Gasteiger partial charge in [-0.1, -0.05) is 0 Å². The smallest absolute Gasteiger partial charge is 0.822 e.